The number of rotatable bonds is 75. The summed E-state index contributed by atoms with van der Waals surface area (Å²) in [6.45, 7) is 9.56. The van der Waals surface area contributed by atoms with E-state index in [4.69, 9.17) is 37.0 Å². The van der Waals surface area contributed by atoms with Gasteiger partial charge in [0.25, 0.3) is 0 Å². The van der Waals surface area contributed by atoms with Gasteiger partial charge in [-0.3, -0.25) is 37.3 Å². The molecule has 0 aromatic heterocycles. The number of esters is 4. The van der Waals surface area contributed by atoms with E-state index in [2.05, 4.69) is 41.5 Å². The highest BCUT2D eigenvalue weighted by atomic mass is 31.2. The minimum Gasteiger partial charge on any atom is -0.462 e. The fourth-order valence-corrected chi connectivity index (χ4v) is 13.2. The zero-order chi connectivity index (χ0) is 70.0. The monoisotopic (exact) mass is 1400 g/mol. The highest BCUT2D eigenvalue weighted by molar-refractivity contribution is 7.47. The van der Waals surface area contributed by atoms with Crippen molar-refractivity contribution in [1.82, 2.24) is 0 Å². The molecule has 0 saturated carbocycles. The average Bonchev–Trinajstić information content (AvgIpc) is 1.95. The summed E-state index contributed by atoms with van der Waals surface area (Å²) in [6, 6.07) is 0. The number of aliphatic hydroxyl groups excluding tert-OH is 1. The Labute approximate surface area is 581 Å². The van der Waals surface area contributed by atoms with Crippen LogP contribution >= 0.6 is 15.6 Å². The molecule has 5 atom stereocenters. The molecule has 95 heavy (non-hydrogen) atoms. The number of ether oxygens (including phenoxy) is 4. The van der Waals surface area contributed by atoms with Crippen LogP contribution in [0.2, 0.25) is 0 Å². The molecule has 0 rings (SSSR count). The highest BCUT2D eigenvalue weighted by Crippen LogP contribution is 2.45. The zero-order valence-corrected chi connectivity index (χ0v) is 63.8. The van der Waals surface area contributed by atoms with Crippen molar-refractivity contribution in [3.63, 3.8) is 0 Å². The van der Waals surface area contributed by atoms with Gasteiger partial charge in [-0.25, -0.2) is 9.13 Å². The lowest BCUT2D eigenvalue weighted by atomic mass is 10.0. The number of carbonyl (C=O) groups excluding carboxylic acids is 4. The zero-order valence-electron chi connectivity index (χ0n) is 62.0. The molecule has 0 amide bonds. The van der Waals surface area contributed by atoms with Crippen LogP contribution < -0.4 is 0 Å². The summed E-state index contributed by atoms with van der Waals surface area (Å²) >= 11 is 0. The predicted molar refractivity (Wildman–Crippen MR) is 386 cm³/mol. The summed E-state index contributed by atoms with van der Waals surface area (Å²) in [5, 5.41) is 10.6. The molecule has 19 heteroatoms. The van der Waals surface area contributed by atoms with Gasteiger partial charge in [0, 0.05) is 25.7 Å². The Morgan fingerprint density at radius 1 is 0.284 bits per heavy atom. The first-order chi connectivity index (χ1) is 45.9. The van der Waals surface area contributed by atoms with Crippen LogP contribution in [0.4, 0.5) is 0 Å². The van der Waals surface area contributed by atoms with E-state index in [1.54, 1.807) is 0 Å². The van der Waals surface area contributed by atoms with Gasteiger partial charge in [0.2, 0.25) is 0 Å². The normalized spacial score (nSPS) is 14.0. The van der Waals surface area contributed by atoms with Crippen LogP contribution in [-0.4, -0.2) is 96.7 Å². The van der Waals surface area contributed by atoms with Crippen LogP contribution in [-0.2, 0) is 65.4 Å². The van der Waals surface area contributed by atoms with E-state index in [1.807, 2.05) is 0 Å². The Morgan fingerprint density at radius 3 is 0.716 bits per heavy atom. The average molecular weight is 1400 g/mol. The van der Waals surface area contributed by atoms with E-state index >= 15 is 0 Å². The maximum atomic E-state index is 13.1. The Balaban J connectivity index is 5.25. The van der Waals surface area contributed by atoms with E-state index in [-0.39, 0.29) is 25.7 Å². The maximum absolute atomic E-state index is 13.1. The lowest BCUT2D eigenvalue weighted by molar-refractivity contribution is -0.161. The SMILES string of the molecule is CCCCCCCCCCCCCCCCCCC(=O)O[C@H](COC(=O)CCCCCCCCCCCCCCC(C)C)COP(=O)(O)OC[C@@H](O)COP(=O)(O)OC[C@@H](COC(=O)CCCCCCCCCC(C)C)OC(=O)CCCCCCCCCCCCCCCC. The molecule has 17 nitrogen and oxygen atoms in total. The molecule has 0 spiro atoms. The molecular formula is C76H148O17P2. The van der Waals surface area contributed by atoms with Gasteiger partial charge >= 0.3 is 39.5 Å². The number of phosphoric acid groups is 2. The summed E-state index contributed by atoms with van der Waals surface area (Å²) in [5.41, 5.74) is 0. The number of carbonyl (C=O) groups is 4. The van der Waals surface area contributed by atoms with Crippen LogP contribution in [0.15, 0.2) is 0 Å². The van der Waals surface area contributed by atoms with E-state index in [0.717, 1.165) is 102 Å². The Kier molecular flexibility index (Phi) is 66.5. The molecule has 0 fully saturated rings. The molecule has 0 radical (unpaired) electrons. The lowest BCUT2D eigenvalue weighted by Crippen LogP contribution is -2.30. The Bertz CT molecular complexity index is 1840. The molecule has 0 aromatic rings. The second-order valence-electron chi connectivity index (χ2n) is 28.3. The summed E-state index contributed by atoms with van der Waals surface area (Å²) < 4.78 is 68.5. The van der Waals surface area contributed by atoms with Gasteiger partial charge in [-0.15, -0.1) is 0 Å². The van der Waals surface area contributed by atoms with Gasteiger partial charge in [0.1, 0.15) is 19.3 Å². The molecule has 0 aromatic carbocycles. The van der Waals surface area contributed by atoms with Crippen LogP contribution in [0, 0.1) is 11.8 Å². The van der Waals surface area contributed by atoms with Crippen molar-refractivity contribution in [2.75, 3.05) is 39.6 Å². The molecular weight excluding hydrogens is 1250 g/mol. The smallest absolute Gasteiger partial charge is 0.462 e. The Morgan fingerprint density at radius 2 is 0.484 bits per heavy atom. The van der Waals surface area contributed by atoms with E-state index in [9.17, 15) is 43.2 Å². The molecule has 0 bridgehead atoms. The van der Waals surface area contributed by atoms with Gasteiger partial charge in [0.15, 0.2) is 12.2 Å². The molecule has 0 aliphatic rings. The van der Waals surface area contributed by atoms with E-state index in [1.165, 1.54) is 205 Å². The first-order valence-electron chi connectivity index (χ1n) is 39.5. The van der Waals surface area contributed by atoms with Gasteiger partial charge in [-0.2, -0.15) is 0 Å². The van der Waals surface area contributed by atoms with Crippen molar-refractivity contribution >= 4 is 39.5 Å². The van der Waals surface area contributed by atoms with Crippen LogP contribution in [0.1, 0.15) is 395 Å². The third-order valence-corrected chi connectivity index (χ3v) is 19.6. The third-order valence-electron chi connectivity index (χ3n) is 17.7. The van der Waals surface area contributed by atoms with Crippen molar-refractivity contribution in [3.8, 4) is 0 Å². The fraction of sp³-hybridized carbons (Fsp3) is 0.947. The predicted octanol–water partition coefficient (Wildman–Crippen LogP) is 22.3. The topological polar surface area (TPSA) is 237 Å². The maximum Gasteiger partial charge on any atom is 0.472 e. The van der Waals surface area contributed by atoms with Gasteiger partial charge in [0.05, 0.1) is 26.4 Å². The Hall–Kier alpha value is -1.94. The van der Waals surface area contributed by atoms with Gasteiger partial charge in [-0.05, 0) is 37.5 Å². The summed E-state index contributed by atoms with van der Waals surface area (Å²) in [6.07, 6.45) is 55.4. The number of unbranched alkanes of at least 4 members (excludes halogenated alkanes) is 45. The molecule has 0 saturated heterocycles. The third kappa shape index (κ3) is 70.3. The summed E-state index contributed by atoms with van der Waals surface area (Å²) in [5.74, 6) is -0.627. The summed E-state index contributed by atoms with van der Waals surface area (Å²) in [7, 11) is -9.91. The van der Waals surface area contributed by atoms with E-state index in [0.29, 0.717) is 31.6 Å². The number of aliphatic hydroxyl groups is 1. The molecule has 564 valence electrons. The molecule has 0 heterocycles. The van der Waals surface area contributed by atoms with Crippen molar-refractivity contribution in [2.24, 2.45) is 11.8 Å². The largest absolute Gasteiger partial charge is 0.472 e. The number of hydrogen-bond donors (Lipinski definition) is 3. The molecule has 0 aliphatic carbocycles. The van der Waals surface area contributed by atoms with Crippen LogP contribution in [0.5, 0.6) is 0 Å². The summed E-state index contributed by atoms with van der Waals surface area (Å²) in [4.78, 5) is 72.8. The quantitative estimate of drug-likeness (QED) is 0.0222. The molecule has 2 unspecified atom stereocenters. The number of hydrogen-bond acceptors (Lipinski definition) is 15. The van der Waals surface area contributed by atoms with Crippen molar-refractivity contribution < 1.29 is 80.2 Å². The van der Waals surface area contributed by atoms with Gasteiger partial charge in [-0.1, -0.05) is 343 Å². The minimum absolute atomic E-state index is 0.107. The standard InChI is InChI=1S/C76H148O17P2/c1-7-9-11-13-15-17-19-21-23-24-26-32-36-42-49-55-61-75(80)92-71(64-86-73(78)58-52-46-40-34-30-28-27-29-33-38-44-50-56-68(3)4)66-90-94(82,83)88-62-70(77)63-89-95(84,85)91-67-72(65-87-74(79)59-53-47-43-37-39-45-51-57-69(5)6)93-76(81)60-54-48-41-35-31-25-22-20-18-16-14-12-10-8-2/h68-72,77H,7-67H2,1-6H3,(H,82,83)(H,84,85)/t70-,71-,72-/m1/s1. The lowest BCUT2D eigenvalue weighted by Gasteiger charge is -2.21. The first-order valence-corrected chi connectivity index (χ1v) is 42.5. The van der Waals surface area contributed by atoms with Crippen LogP contribution in [0.25, 0.3) is 0 Å². The van der Waals surface area contributed by atoms with Crippen molar-refractivity contribution in [1.29, 1.82) is 0 Å². The first kappa shape index (κ1) is 93.1. The van der Waals surface area contributed by atoms with E-state index < -0.39 is 97.5 Å². The highest BCUT2D eigenvalue weighted by Gasteiger charge is 2.30. The second kappa shape index (κ2) is 67.9. The fourth-order valence-electron chi connectivity index (χ4n) is 11.7. The van der Waals surface area contributed by atoms with Crippen LogP contribution in [0.3, 0.4) is 0 Å². The minimum atomic E-state index is -4.96. The van der Waals surface area contributed by atoms with Crippen molar-refractivity contribution in [3.05, 3.63) is 0 Å². The second-order valence-corrected chi connectivity index (χ2v) is 31.3. The van der Waals surface area contributed by atoms with Gasteiger partial charge < -0.3 is 33.8 Å². The number of phosphoric ester groups is 2. The van der Waals surface area contributed by atoms with Crippen molar-refractivity contribution in [2.45, 2.75) is 413 Å². The molecule has 3 N–H and O–H groups in total. The molecule has 0 aliphatic heterocycles.